The molecule has 4 nitrogen and oxygen atoms in total. The monoisotopic (exact) mass is 430 g/mol. The second kappa shape index (κ2) is 10.0. The molecule has 23 heavy (non-hydrogen) atoms. The summed E-state index contributed by atoms with van der Waals surface area (Å²) in [6, 6.07) is 7.21. The van der Waals surface area contributed by atoms with Crippen molar-refractivity contribution in [2.75, 3.05) is 25.0 Å². The molecule has 0 radical (unpaired) electrons. The lowest BCUT2D eigenvalue weighted by atomic mass is 10.00. The lowest BCUT2D eigenvalue weighted by Crippen LogP contribution is -2.41. The molecule has 0 fully saturated rings. The minimum Gasteiger partial charge on any atom is -0.374 e. The number of aryl methyl sites for hydroxylation is 1. The van der Waals surface area contributed by atoms with Gasteiger partial charge < -0.3 is 15.5 Å². The number of hydrogen-bond acceptors (Lipinski definition) is 2. The maximum Gasteiger partial charge on any atom is 0.191 e. The Kier molecular flexibility index (Phi) is 8.73. The molecule has 2 N–H and O–H groups in total. The Balaban J connectivity index is 0.00000264. The zero-order valence-electron chi connectivity index (χ0n) is 14.9. The zero-order valence-corrected chi connectivity index (χ0v) is 17.2. The average molecular weight is 430 g/mol. The van der Waals surface area contributed by atoms with E-state index in [0.29, 0.717) is 6.04 Å². The molecule has 0 spiro atoms. The van der Waals surface area contributed by atoms with Crippen molar-refractivity contribution >= 4 is 35.6 Å². The van der Waals surface area contributed by atoms with Crippen molar-refractivity contribution in [1.82, 2.24) is 10.6 Å². The van der Waals surface area contributed by atoms with Gasteiger partial charge in [0.05, 0.1) is 6.54 Å². The van der Waals surface area contributed by atoms with Crippen molar-refractivity contribution in [3.05, 3.63) is 29.3 Å². The largest absolute Gasteiger partial charge is 0.374 e. The van der Waals surface area contributed by atoms with E-state index in [0.717, 1.165) is 32.0 Å². The molecule has 1 unspecified atom stereocenters. The highest BCUT2D eigenvalue weighted by Crippen LogP contribution is 2.26. The first-order valence-electron chi connectivity index (χ1n) is 8.51. The Morgan fingerprint density at radius 3 is 2.83 bits per heavy atom. The SMILES string of the molecule is CCNC(=NCc1ccc2c(c1)CCCN2C)NC(C)CC.I. The van der Waals surface area contributed by atoms with Crippen molar-refractivity contribution < 1.29 is 0 Å². The van der Waals surface area contributed by atoms with E-state index in [4.69, 9.17) is 4.99 Å². The van der Waals surface area contributed by atoms with Crippen molar-refractivity contribution in [2.45, 2.75) is 52.6 Å². The highest BCUT2D eigenvalue weighted by atomic mass is 127. The van der Waals surface area contributed by atoms with Crippen LogP contribution in [-0.4, -0.2) is 32.1 Å². The van der Waals surface area contributed by atoms with Crippen LogP contribution in [0, 0.1) is 0 Å². The molecular weight excluding hydrogens is 399 g/mol. The van der Waals surface area contributed by atoms with Gasteiger partial charge in [0, 0.05) is 31.9 Å². The third kappa shape index (κ3) is 5.86. The number of nitrogens with zero attached hydrogens (tertiary/aromatic N) is 2. The summed E-state index contributed by atoms with van der Waals surface area (Å²) >= 11 is 0. The van der Waals surface area contributed by atoms with Crippen LogP contribution in [0.4, 0.5) is 5.69 Å². The van der Waals surface area contributed by atoms with Crippen LogP contribution in [0.25, 0.3) is 0 Å². The van der Waals surface area contributed by atoms with Gasteiger partial charge in [0.25, 0.3) is 0 Å². The summed E-state index contributed by atoms with van der Waals surface area (Å²) in [5, 5.41) is 6.76. The van der Waals surface area contributed by atoms with E-state index in [1.807, 2.05) is 0 Å². The zero-order chi connectivity index (χ0) is 15.9. The number of rotatable bonds is 5. The first-order chi connectivity index (χ1) is 10.6. The molecule has 0 aliphatic carbocycles. The van der Waals surface area contributed by atoms with Crippen LogP contribution in [0.15, 0.2) is 23.2 Å². The van der Waals surface area contributed by atoms with Crippen LogP contribution in [-0.2, 0) is 13.0 Å². The van der Waals surface area contributed by atoms with Crippen molar-refractivity contribution in [3.63, 3.8) is 0 Å². The van der Waals surface area contributed by atoms with Gasteiger partial charge in [-0.15, -0.1) is 24.0 Å². The van der Waals surface area contributed by atoms with Crippen LogP contribution in [0.3, 0.4) is 0 Å². The van der Waals surface area contributed by atoms with E-state index in [1.165, 1.54) is 29.7 Å². The van der Waals surface area contributed by atoms with E-state index >= 15 is 0 Å². The first kappa shape index (κ1) is 20.1. The molecule has 1 atom stereocenters. The summed E-state index contributed by atoms with van der Waals surface area (Å²) in [5.41, 5.74) is 4.13. The second-order valence-electron chi connectivity index (χ2n) is 6.14. The van der Waals surface area contributed by atoms with Gasteiger partial charge in [-0.25, -0.2) is 4.99 Å². The fraction of sp³-hybridized carbons (Fsp3) is 0.611. The molecule has 0 saturated carbocycles. The molecular formula is C18H31IN4. The normalized spacial score (nSPS) is 15.5. The number of benzene rings is 1. The molecule has 1 aromatic rings. The molecule has 0 aromatic heterocycles. The molecule has 1 heterocycles. The predicted molar refractivity (Wildman–Crippen MR) is 111 cm³/mol. The molecule has 1 aromatic carbocycles. The minimum atomic E-state index is 0. The number of fused-ring (bicyclic) bond motifs is 1. The highest BCUT2D eigenvalue weighted by Gasteiger charge is 2.13. The fourth-order valence-electron chi connectivity index (χ4n) is 2.76. The molecule has 0 saturated heterocycles. The number of hydrogen-bond donors (Lipinski definition) is 2. The molecule has 1 aliphatic heterocycles. The lowest BCUT2D eigenvalue weighted by molar-refractivity contribution is 0.624. The van der Waals surface area contributed by atoms with Gasteiger partial charge in [0.2, 0.25) is 0 Å². The Morgan fingerprint density at radius 2 is 2.13 bits per heavy atom. The molecule has 130 valence electrons. The molecule has 0 amide bonds. The van der Waals surface area contributed by atoms with Gasteiger partial charge in [-0.2, -0.15) is 0 Å². The van der Waals surface area contributed by atoms with Crippen LogP contribution in [0.5, 0.6) is 0 Å². The Hall–Kier alpha value is -0.980. The van der Waals surface area contributed by atoms with E-state index in [9.17, 15) is 0 Å². The summed E-state index contributed by atoms with van der Waals surface area (Å²) in [4.78, 5) is 7.07. The Morgan fingerprint density at radius 1 is 1.35 bits per heavy atom. The van der Waals surface area contributed by atoms with Crippen LogP contribution >= 0.6 is 24.0 Å². The average Bonchev–Trinajstić information content (AvgIpc) is 2.52. The maximum atomic E-state index is 4.72. The van der Waals surface area contributed by atoms with Gasteiger partial charge in [-0.1, -0.05) is 19.1 Å². The highest BCUT2D eigenvalue weighted by molar-refractivity contribution is 14.0. The molecule has 5 heteroatoms. The van der Waals surface area contributed by atoms with Gasteiger partial charge in [0.1, 0.15) is 0 Å². The summed E-state index contributed by atoms with van der Waals surface area (Å²) in [6.45, 7) is 9.24. The smallest absolute Gasteiger partial charge is 0.191 e. The Labute approximate surface area is 158 Å². The topological polar surface area (TPSA) is 39.7 Å². The predicted octanol–water partition coefficient (Wildman–Crippen LogP) is 3.54. The number of nitrogens with one attached hydrogen (secondary N) is 2. The summed E-state index contributed by atoms with van der Waals surface area (Å²) in [6.07, 6.45) is 3.52. The van der Waals surface area contributed by atoms with E-state index in [2.05, 4.69) is 61.6 Å². The van der Waals surface area contributed by atoms with Gasteiger partial charge >= 0.3 is 0 Å². The third-order valence-corrected chi connectivity index (χ3v) is 4.25. The van der Waals surface area contributed by atoms with Crippen LogP contribution in [0.1, 0.15) is 44.7 Å². The quantitative estimate of drug-likeness (QED) is 0.427. The number of halogens is 1. The summed E-state index contributed by atoms with van der Waals surface area (Å²) in [5.74, 6) is 0.909. The van der Waals surface area contributed by atoms with Gasteiger partial charge in [-0.3, -0.25) is 0 Å². The molecule has 1 aliphatic rings. The minimum absolute atomic E-state index is 0. The summed E-state index contributed by atoms with van der Waals surface area (Å²) < 4.78 is 0. The van der Waals surface area contributed by atoms with Gasteiger partial charge in [-0.05, 0) is 50.3 Å². The van der Waals surface area contributed by atoms with Crippen molar-refractivity contribution in [2.24, 2.45) is 4.99 Å². The summed E-state index contributed by atoms with van der Waals surface area (Å²) in [7, 11) is 2.18. The standard InChI is InChI=1S/C18H30N4.HI/c1-5-14(3)21-18(19-6-2)20-13-15-9-10-17-16(12-15)8-7-11-22(17)4;/h9-10,12,14H,5-8,11,13H2,1-4H3,(H2,19,20,21);1H. The van der Waals surface area contributed by atoms with Gasteiger partial charge in [0.15, 0.2) is 5.96 Å². The van der Waals surface area contributed by atoms with E-state index in [1.54, 1.807) is 0 Å². The fourth-order valence-corrected chi connectivity index (χ4v) is 2.76. The van der Waals surface area contributed by atoms with E-state index < -0.39 is 0 Å². The number of aliphatic imine (C=N–C) groups is 1. The maximum absolute atomic E-state index is 4.72. The first-order valence-corrected chi connectivity index (χ1v) is 8.51. The third-order valence-electron chi connectivity index (χ3n) is 4.25. The van der Waals surface area contributed by atoms with Crippen LogP contribution < -0.4 is 15.5 Å². The second-order valence-corrected chi connectivity index (χ2v) is 6.14. The Bertz CT molecular complexity index is 516. The molecule has 2 rings (SSSR count). The van der Waals surface area contributed by atoms with Crippen molar-refractivity contribution in [3.8, 4) is 0 Å². The number of anilines is 1. The lowest BCUT2D eigenvalue weighted by Gasteiger charge is -2.27. The van der Waals surface area contributed by atoms with E-state index in [-0.39, 0.29) is 24.0 Å². The van der Waals surface area contributed by atoms with Crippen LogP contribution in [0.2, 0.25) is 0 Å². The number of guanidine groups is 1. The van der Waals surface area contributed by atoms with Crippen molar-refractivity contribution in [1.29, 1.82) is 0 Å². The molecule has 0 bridgehead atoms.